The van der Waals surface area contributed by atoms with Crippen LogP contribution < -0.4 is 5.32 Å². The maximum atomic E-state index is 12.5. The lowest BCUT2D eigenvalue weighted by molar-refractivity contribution is -0.121. The highest BCUT2D eigenvalue weighted by atomic mass is 16.1. The lowest BCUT2D eigenvalue weighted by Crippen LogP contribution is -2.30. The van der Waals surface area contributed by atoms with Gasteiger partial charge < -0.3 is 9.88 Å². The van der Waals surface area contributed by atoms with Crippen molar-refractivity contribution in [1.82, 2.24) is 29.9 Å². The molecule has 1 atom stereocenters. The first-order valence-corrected chi connectivity index (χ1v) is 8.67. The van der Waals surface area contributed by atoms with Crippen molar-refractivity contribution >= 4 is 5.91 Å². The number of rotatable bonds is 4. The summed E-state index contributed by atoms with van der Waals surface area (Å²) in [7, 11) is 1.90. The SMILES string of the molecule is Cc1nn(C)c(C)c1CC(=O)NC(C)c1nnc2n1CCCCC2. The maximum Gasteiger partial charge on any atom is 0.225 e. The van der Waals surface area contributed by atoms with Crippen LogP contribution >= 0.6 is 0 Å². The van der Waals surface area contributed by atoms with Crippen LogP contribution in [0.1, 0.15) is 60.8 Å². The van der Waals surface area contributed by atoms with E-state index in [0.717, 1.165) is 48.0 Å². The van der Waals surface area contributed by atoms with Crippen LogP contribution in [0.25, 0.3) is 0 Å². The monoisotopic (exact) mass is 330 g/mol. The first-order chi connectivity index (χ1) is 11.5. The van der Waals surface area contributed by atoms with Gasteiger partial charge in [-0.3, -0.25) is 9.48 Å². The summed E-state index contributed by atoms with van der Waals surface area (Å²) in [4.78, 5) is 12.5. The molecule has 7 nitrogen and oxygen atoms in total. The summed E-state index contributed by atoms with van der Waals surface area (Å²) in [6, 6.07) is -0.144. The van der Waals surface area contributed by atoms with E-state index in [0.29, 0.717) is 6.42 Å². The number of fused-ring (bicyclic) bond motifs is 1. The fourth-order valence-electron chi connectivity index (χ4n) is 3.42. The van der Waals surface area contributed by atoms with Gasteiger partial charge in [0.2, 0.25) is 5.91 Å². The van der Waals surface area contributed by atoms with Crippen LogP contribution in [0.2, 0.25) is 0 Å². The molecule has 3 rings (SSSR count). The normalized spacial score (nSPS) is 15.7. The highest BCUT2D eigenvalue weighted by molar-refractivity contribution is 5.79. The Kier molecular flexibility index (Phi) is 4.69. The van der Waals surface area contributed by atoms with Crippen LogP contribution in [0.5, 0.6) is 0 Å². The molecule has 0 saturated carbocycles. The molecule has 0 aromatic carbocycles. The van der Waals surface area contributed by atoms with E-state index >= 15 is 0 Å². The molecule has 24 heavy (non-hydrogen) atoms. The molecule has 1 aliphatic heterocycles. The van der Waals surface area contributed by atoms with E-state index in [1.165, 1.54) is 12.8 Å². The lowest BCUT2D eigenvalue weighted by atomic mass is 10.1. The summed E-state index contributed by atoms with van der Waals surface area (Å²) in [5.41, 5.74) is 2.95. The van der Waals surface area contributed by atoms with E-state index in [9.17, 15) is 4.79 Å². The topological polar surface area (TPSA) is 77.6 Å². The first kappa shape index (κ1) is 16.7. The zero-order valence-corrected chi connectivity index (χ0v) is 15.0. The van der Waals surface area contributed by atoms with Crippen molar-refractivity contribution < 1.29 is 4.79 Å². The van der Waals surface area contributed by atoms with E-state index in [-0.39, 0.29) is 11.9 Å². The van der Waals surface area contributed by atoms with Gasteiger partial charge in [-0.25, -0.2) is 0 Å². The second kappa shape index (κ2) is 6.75. The van der Waals surface area contributed by atoms with Crippen LogP contribution in [-0.2, 0) is 31.2 Å². The standard InChI is InChI=1S/C17H26N6O/c1-11-14(13(3)22(4)21-11)10-16(24)18-12(2)17-20-19-15-8-6-5-7-9-23(15)17/h12H,5-10H2,1-4H3,(H,18,24). The molecule has 0 fully saturated rings. The third kappa shape index (κ3) is 3.20. The van der Waals surface area contributed by atoms with Crippen molar-refractivity contribution in [1.29, 1.82) is 0 Å². The van der Waals surface area contributed by atoms with Gasteiger partial charge >= 0.3 is 0 Å². The van der Waals surface area contributed by atoms with E-state index in [4.69, 9.17) is 0 Å². The predicted molar refractivity (Wildman–Crippen MR) is 90.5 cm³/mol. The molecule has 3 heterocycles. The van der Waals surface area contributed by atoms with Crippen molar-refractivity contribution in [2.45, 2.75) is 65.5 Å². The Balaban J connectivity index is 1.69. The van der Waals surface area contributed by atoms with Crippen LogP contribution in [-0.4, -0.2) is 30.5 Å². The molecule has 130 valence electrons. The highest BCUT2D eigenvalue weighted by Gasteiger charge is 2.21. The van der Waals surface area contributed by atoms with Crippen LogP contribution in [0.3, 0.4) is 0 Å². The van der Waals surface area contributed by atoms with E-state index in [2.05, 4.69) is 25.2 Å². The van der Waals surface area contributed by atoms with Gasteiger partial charge in [-0.15, -0.1) is 10.2 Å². The minimum absolute atomic E-state index is 0.00679. The van der Waals surface area contributed by atoms with Gasteiger partial charge in [0.1, 0.15) is 5.82 Å². The van der Waals surface area contributed by atoms with Crippen molar-refractivity contribution in [3.63, 3.8) is 0 Å². The fraction of sp³-hybridized carbons (Fsp3) is 0.647. The van der Waals surface area contributed by atoms with Gasteiger partial charge in [0.15, 0.2) is 5.82 Å². The Morgan fingerprint density at radius 2 is 2.04 bits per heavy atom. The van der Waals surface area contributed by atoms with Gasteiger partial charge in [0.25, 0.3) is 0 Å². The summed E-state index contributed by atoms with van der Waals surface area (Å²) < 4.78 is 4.00. The second-order valence-electron chi connectivity index (χ2n) is 6.68. The molecule has 0 radical (unpaired) electrons. The van der Waals surface area contributed by atoms with E-state index in [1.54, 1.807) is 0 Å². The minimum Gasteiger partial charge on any atom is -0.346 e. The Morgan fingerprint density at radius 1 is 1.25 bits per heavy atom. The summed E-state index contributed by atoms with van der Waals surface area (Å²) in [5.74, 6) is 1.90. The number of nitrogens with one attached hydrogen (secondary N) is 1. The van der Waals surface area contributed by atoms with Gasteiger partial charge in [0, 0.05) is 31.3 Å². The molecule has 0 saturated heterocycles. The fourth-order valence-corrected chi connectivity index (χ4v) is 3.42. The Hall–Kier alpha value is -2.18. The van der Waals surface area contributed by atoms with Gasteiger partial charge in [-0.05, 0) is 33.6 Å². The molecule has 0 bridgehead atoms. The highest BCUT2D eigenvalue weighted by Crippen LogP contribution is 2.19. The average molecular weight is 330 g/mol. The number of nitrogens with zero attached hydrogens (tertiary/aromatic N) is 5. The summed E-state index contributed by atoms with van der Waals surface area (Å²) in [6.45, 7) is 6.85. The van der Waals surface area contributed by atoms with Gasteiger partial charge in [-0.2, -0.15) is 5.10 Å². The molecule has 2 aromatic heterocycles. The van der Waals surface area contributed by atoms with Crippen LogP contribution in [0.15, 0.2) is 0 Å². The van der Waals surface area contributed by atoms with Crippen LogP contribution in [0, 0.1) is 13.8 Å². The molecule has 1 unspecified atom stereocenters. The largest absolute Gasteiger partial charge is 0.346 e. The third-order valence-electron chi connectivity index (χ3n) is 4.90. The Morgan fingerprint density at radius 3 is 2.75 bits per heavy atom. The number of aryl methyl sites for hydroxylation is 3. The number of carbonyl (C=O) groups is 1. The number of hydrogen-bond donors (Lipinski definition) is 1. The van der Waals surface area contributed by atoms with Gasteiger partial charge in [0.05, 0.1) is 18.2 Å². The minimum atomic E-state index is -0.144. The van der Waals surface area contributed by atoms with Crippen molar-refractivity contribution in [2.75, 3.05) is 0 Å². The number of carbonyl (C=O) groups excluding carboxylic acids is 1. The zero-order chi connectivity index (χ0) is 17.3. The molecule has 7 heteroatoms. The Bertz CT molecular complexity index is 745. The van der Waals surface area contributed by atoms with E-state index in [1.807, 2.05) is 32.5 Å². The molecule has 1 amide bonds. The molecule has 1 aliphatic rings. The molecular weight excluding hydrogens is 304 g/mol. The molecule has 0 aliphatic carbocycles. The van der Waals surface area contributed by atoms with Gasteiger partial charge in [-0.1, -0.05) is 6.42 Å². The van der Waals surface area contributed by atoms with Crippen molar-refractivity contribution in [3.05, 3.63) is 28.6 Å². The first-order valence-electron chi connectivity index (χ1n) is 8.67. The van der Waals surface area contributed by atoms with Crippen molar-refractivity contribution in [3.8, 4) is 0 Å². The second-order valence-corrected chi connectivity index (χ2v) is 6.68. The number of amides is 1. The summed E-state index contributed by atoms with van der Waals surface area (Å²) in [6.07, 6.45) is 4.85. The quantitative estimate of drug-likeness (QED) is 0.927. The molecular formula is C17H26N6O. The lowest BCUT2D eigenvalue weighted by Gasteiger charge is -2.15. The van der Waals surface area contributed by atoms with Crippen LogP contribution in [0.4, 0.5) is 0 Å². The summed E-state index contributed by atoms with van der Waals surface area (Å²) >= 11 is 0. The average Bonchev–Trinajstić information content (AvgIpc) is 2.93. The number of aromatic nitrogens is 5. The Labute approximate surface area is 142 Å². The maximum absolute atomic E-state index is 12.5. The third-order valence-corrected chi connectivity index (χ3v) is 4.90. The molecule has 0 spiro atoms. The summed E-state index contributed by atoms with van der Waals surface area (Å²) in [5, 5.41) is 16.1. The predicted octanol–water partition coefficient (Wildman–Crippen LogP) is 1.77. The number of hydrogen-bond acceptors (Lipinski definition) is 4. The van der Waals surface area contributed by atoms with Crippen molar-refractivity contribution in [2.24, 2.45) is 7.05 Å². The smallest absolute Gasteiger partial charge is 0.225 e. The zero-order valence-electron chi connectivity index (χ0n) is 15.0. The molecule has 1 N–H and O–H groups in total. The molecule has 2 aromatic rings. The van der Waals surface area contributed by atoms with E-state index < -0.39 is 0 Å².